The number of ether oxygens (including phenoxy) is 1. The van der Waals surface area contributed by atoms with Crippen molar-refractivity contribution in [3.05, 3.63) is 36.7 Å². The van der Waals surface area contributed by atoms with Crippen LogP contribution in [0.4, 0.5) is 5.95 Å². The number of imidazole rings is 1. The predicted molar refractivity (Wildman–Crippen MR) is 108 cm³/mol. The minimum absolute atomic E-state index is 0.0856. The fourth-order valence-electron chi connectivity index (χ4n) is 3.11. The normalized spacial score (nSPS) is 17.2. The van der Waals surface area contributed by atoms with Crippen molar-refractivity contribution < 1.29 is 9.53 Å². The van der Waals surface area contributed by atoms with Gasteiger partial charge in [-0.15, -0.1) is 0 Å². The van der Waals surface area contributed by atoms with Gasteiger partial charge in [-0.25, -0.2) is 15.0 Å². The zero-order valence-electron chi connectivity index (χ0n) is 16.0. The molecule has 146 valence electrons. The molecule has 3 aromatic rings. The van der Waals surface area contributed by atoms with Gasteiger partial charge in [-0.05, 0) is 31.4 Å². The maximum atomic E-state index is 12.4. The average molecular weight is 398 g/mol. The first-order chi connectivity index (χ1) is 13.6. The number of nitrogens with one attached hydrogen (secondary N) is 1. The lowest BCUT2D eigenvalue weighted by Gasteiger charge is -2.25. The highest BCUT2D eigenvalue weighted by molar-refractivity contribution is 7.99. The van der Waals surface area contributed by atoms with Gasteiger partial charge in [0, 0.05) is 17.4 Å². The van der Waals surface area contributed by atoms with E-state index in [1.54, 1.807) is 6.33 Å². The number of hydrogen-bond acceptors (Lipinski definition) is 6. The highest BCUT2D eigenvalue weighted by atomic mass is 32.2. The van der Waals surface area contributed by atoms with Crippen LogP contribution in [0.5, 0.6) is 0 Å². The number of amides is 1. The molecule has 3 heterocycles. The minimum atomic E-state index is -0.189. The van der Waals surface area contributed by atoms with Gasteiger partial charge in [0.25, 0.3) is 0 Å². The number of benzene rings is 1. The number of fused-ring (bicyclic) bond motifs is 1. The molecular formula is C20H23N5O2S. The molecule has 1 atom stereocenters. The first-order valence-electron chi connectivity index (χ1n) is 9.52. The Bertz CT molecular complexity index is 967. The van der Waals surface area contributed by atoms with Crippen LogP contribution in [0, 0.1) is 5.92 Å². The molecule has 0 saturated carbocycles. The number of carbonyl (C=O) groups excluding carboxylic acids is 1. The van der Waals surface area contributed by atoms with E-state index >= 15 is 0 Å². The highest BCUT2D eigenvalue weighted by Crippen LogP contribution is 2.35. The summed E-state index contributed by atoms with van der Waals surface area (Å²) in [5, 5.41) is 3.70. The lowest BCUT2D eigenvalue weighted by molar-refractivity contribution is -0.119. The molecule has 0 spiro atoms. The van der Waals surface area contributed by atoms with E-state index in [-0.39, 0.29) is 18.1 Å². The third-order valence-corrected chi connectivity index (χ3v) is 5.60. The second-order valence-corrected chi connectivity index (χ2v) is 8.10. The molecule has 1 saturated heterocycles. The molecule has 7 nitrogen and oxygen atoms in total. The van der Waals surface area contributed by atoms with Crippen LogP contribution >= 0.6 is 11.8 Å². The smallest absolute Gasteiger partial charge is 0.229 e. The van der Waals surface area contributed by atoms with E-state index in [4.69, 9.17) is 9.72 Å². The summed E-state index contributed by atoms with van der Waals surface area (Å²) in [6, 6.07) is 10.0. The van der Waals surface area contributed by atoms with Crippen molar-refractivity contribution >= 4 is 34.8 Å². The highest BCUT2D eigenvalue weighted by Gasteiger charge is 2.26. The number of carbonyl (C=O) groups is 1. The summed E-state index contributed by atoms with van der Waals surface area (Å²) in [5.41, 5.74) is 1.35. The third-order valence-electron chi connectivity index (χ3n) is 4.60. The first kappa shape index (κ1) is 18.9. The van der Waals surface area contributed by atoms with Crippen molar-refractivity contribution in [1.29, 1.82) is 0 Å². The Morgan fingerprint density at radius 1 is 1.25 bits per heavy atom. The minimum Gasteiger partial charge on any atom is -0.358 e. The average Bonchev–Trinajstić information content (AvgIpc) is 3.08. The molecule has 1 unspecified atom stereocenters. The van der Waals surface area contributed by atoms with Crippen LogP contribution in [0.2, 0.25) is 0 Å². The zero-order valence-corrected chi connectivity index (χ0v) is 16.8. The van der Waals surface area contributed by atoms with Crippen LogP contribution in [0.25, 0.3) is 11.2 Å². The Labute approximate surface area is 167 Å². The van der Waals surface area contributed by atoms with Crippen LogP contribution in [-0.2, 0) is 9.53 Å². The van der Waals surface area contributed by atoms with E-state index in [1.807, 2.05) is 48.7 Å². The Morgan fingerprint density at radius 2 is 2.07 bits per heavy atom. The molecule has 1 aromatic carbocycles. The molecule has 2 aromatic heterocycles. The summed E-state index contributed by atoms with van der Waals surface area (Å²) < 4.78 is 7.88. The van der Waals surface area contributed by atoms with E-state index in [0.717, 1.165) is 29.2 Å². The van der Waals surface area contributed by atoms with Crippen LogP contribution < -0.4 is 5.32 Å². The summed E-state index contributed by atoms with van der Waals surface area (Å²) in [5.74, 6) is 0.235. The number of nitrogens with zero attached hydrogens (tertiary/aromatic N) is 4. The molecule has 28 heavy (non-hydrogen) atoms. The standard InChI is InChI=1S/C20H23N5O2S/c1-13(2)18(26)24-20-23-16-17(25(20)15-10-6-7-11-27-15)21-12-22-19(16)28-14-8-4-3-5-9-14/h3-5,8-9,12-13,15H,6-7,10-11H2,1-2H3,(H,23,24,26). The SMILES string of the molecule is CC(C)C(=O)Nc1nc2c(Sc3ccccc3)ncnc2n1C1CCCCO1. The fourth-order valence-corrected chi connectivity index (χ4v) is 3.96. The number of anilines is 1. The Hall–Kier alpha value is -2.45. The largest absolute Gasteiger partial charge is 0.358 e. The summed E-state index contributed by atoms with van der Waals surface area (Å²) in [6.45, 7) is 4.41. The van der Waals surface area contributed by atoms with Crippen molar-refractivity contribution in [2.24, 2.45) is 5.92 Å². The van der Waals surface area contributed by atoms with Crippen molar-refractivity contribution in [2.45, 2.75) is 49.3 Å². The Morgan fingerprint density at radius 3 is 2.79 bits per heavy atom. The molecule has 8 heteroatoms. The van der Waals surface area contributed by atoms with E-state index in [9.17, 15) is 4.79 Å². The van der Waals surface area contributed by atoms with Gasteiger partial charge in [-0.1, -0.05) is 43.8 Å². The number of aromatic nitrogens is 4. The van der Waals surface area contributed by atoms with E-state index in [2.05, 4.69) is 15.3 Å². The van der Waals surface area contributed by atoms with Crippen molar-refractivity contribution in [3.63, 3.8) is 0 Å². The molecule has 1 amide bonds. The Kier molecular flexibility index (Phi) is 5.59. The van der Waals surface area contributed by atoms with Gasteiger partial charge in [0.1, 0.15) is 23.1 Å². The second kappa shape index (κ2) is 8.28. The topological polar surface area (TPSA) is 81.9 Å². The quantitative estimate of drug-likeness (QED) is 0.648. The van der Waals surface area contributed by atoms with Gasteiger partial charge in [0.15, 0.2) is 5.65 Å². The van der Waals surface area contributed by atoms with Gasteiger partial charge in [-0.3, -0.25) is 14.7 Å². The van der Waals surface area contributed by atoms with Crippen molar-refractivity contribution in [1.82, 2.24) is 19.5 Å². The summed E-state index contributed by atoms with van der Waals surface area (Å²) in [4.78, 5) is 27.0. The lowest BCUT2D eigenvalue weighted by atomic mass is 10.2. The first-order valence-corrected chi connectivity index (χ1v) is 10.3. The van der Waals surface area contributed by atoms with Gasteiger partial charge < -0.3 is 4.74 Å². The summed E-state index contributed by atoms with van der Waals surface area (Å²) in [6.07, 6.45) is 4.33. The van der Waals surface area contributed by atoms with Gasteiger partial charge in [0.05, 0.1) is 0 Å². The second-order valence-electron chi connectivity index (χ2n) is 7.04. The van der Waals surface area contributed by atoms with E-state index in [1.165, 1.54) is 11.8 Å². The maximum Gasteiger partial charge on any atom is 0.229 e. The van der Waals surface area contributed by atoms with E-state index < -0.39 is 0 Å². The fraction of sp³-hybridized carbons (Fsp3) is 0.400. The lowest BCUT2D eigenvalue weighted by Crippen LogP contribution is -2.24. The van der Waals surface area contributed by atoms with Gasteiger partial charge >= 0.3 is 0 Å². The molecule has 0 bridgehead atoms. The molecule has 1 aliphatic rings. The maximum absolute atomic E-state index is 12.4. The summed E-state index contributed by atoms with van der Waals surface area (Å²) >= 11 is 1.53. The van der Waals surface area contributed by atoms with Crippen LogP contribution in [0.15, 0.2) is 46.6 Å². The van der Waals surface area contributed by atoms with E-state index in [0.29, 0.717) is 23.7 Å². The van der Waals surface area contributed by atoms with Crippen molar-refractivity contribution in [3.8, 4) is 0 Å². The molecule has 0 aliphatic carbocycles. The van der Waals surface area contributed by atoms with Crippen LogP contribution in [0.1, 0.15) is 39.3 Å². The molecule has 0 radical (unpaired) electrons. The number of rotatable bonds is 5. The third kappa shape index (κ3) is 3.88. The molecular weight excluding hydrogens is 374 g/mol. The predicted octanol–water partition coefficient (Wildman–Crippen LogP) is 4.27. The van der Waals surface area contributed by atoms with Crippen LogP contribution in [0.3, 0.4) is 0 Å². The Balaban J connectivity index is 1.79. The van der Waals surface area contributed by atoms with Gasteiger partial charge in [0.2, 0.25) is 11.9 Å². The zero-order chi connectivity index (χ0) is 19.5. The van der Waals surface area contributed by atoms with Crippen LogP contribution in [-0.4, -0.2) is 32.0 Å². The van der Waals surface area contributed by atoms with Crippen molar-refractivity contribution in [2.75, 3.05) is 11.9 Å². The molecule has 1 aliphatic heterocycles. The molecule has 4 rings (SSSR count). The summed E-state index contributed by atoms with van der Waals surface area (Å²) in [7, 11) is 0. The molecule has 1 fully saturated rings. The molecule has 1 N–H and O–H groups in total. The number of hydrogen-bond donors (Lipinski definition) is 1. The monoisotopic (exact) mass is 397 g/mol. The van der Waals surface area contributed by atoms with Gasteiger partial charge in [-0.2, -0.15) is 0 Å².